The second-order valence-corrected chi connectivity index (χ2v) is 7.61. The van der Waals surface area contributed by atoms with Gasteiger partial charge in [0.25, 0.3) is 0 Å². The zero-order valence-electron chi connectivity index (χ0n) is 14.4. The highest BCUT2D eigenvalue weighted by atomic mass is 16.2. The first-order valence-corrected chi connectivity index (χ1v) is 8.40. The molecule has 1 aliphatic rings. The van der Waals surface area contributed by atoms with Gasteiger partial charge in [-0.2, -0.15) is 5.10 Å². The second-order valence-electron chi connectivity index (χ2n) is 7.61. The van der Waals surface area contributed by atoms with Crippen LogP contribution >= 0.6 is 0 Å². The first-order chi connectivity index (χ1) is 10.4. The Morgan fingerprint density at radius 2 is 2.27 bits per heavy atom. The molecule has 0 bridgehead atoms. The van der Waals surface area contributed by atoms with Crippen LogP contribution in [0.5, 0.6) is 0 Å². The van der Waals surface area contributed by atoms with E-state index in [2.05, 4.69) is 36.3 Å². The molecule has 2 N–H and O–H groups in total. The molecule has 5 heteroatoms. The monoisotopic (exact) mass is 306 g/mol. The Kier molecular flexibility index (Phi) is 5.48. The quantitative estimate of drug-likeness (QED) is 0.820. The molecule has 0 saturated carbocycles. The van der Waals surface area contributed by atoms with E-state index in [1.807, 2.05) is 18.0 Å². The molecule has 1 saturated heterocycles. The number of amides is 2. The number of aryl methyl sites for hydroxylation is 2. The summed E-state index contributed by atoms with van der Waals surface area (Å²) in [5.41, 5.74) is 2.63. The Morgan fingerprint density at radius 1 is 1.50 bits per heavy atom. The van der Waals surface area contributed by atoms with E-state index < -0.39 is 0 Å². The van der Waals surface area contributed by atoms with Crippen LogP contribution < -0.4 is 5.32 Å². The minimum Gasteiger partial charge on any atom is -0.338 e. The summed E-state index contributed by atoms with van der Waals surface area (Å²) in [6.45, 7) is 10.4. The molecule has 1 atom stereocenters. The van der Waals surface area contributed by atoms with Crippen LogP contribution in [0.1, 0.15) is 57.7 Å². The number of aromatic nitrogens is 2. The molecule has 1 aromatic rings. The van der Waals surface area contributed by atoms with Crippen LogP contribution in [0.25, 0.3) is 0 Å². The zero-order valence-corrected chi connectivity index (χ0v) is 14.4. The van der Waals surface area contributed by atoms with E-state index in [9.17, 15) is 4.79 Å². The van der Waals surface area contributed by atoms with Gasteiger partial charge in [0.15, 0.2) is 0 Å². The molecular weight excluding hydrogens is 276 g/mol. The van der Waals surface area contributed by atoms with Gasteiger partial charge < -0.3 is 10.2 Å². The van der Waals surface area contributed by atoms with Crippen LogP contribution in [0.2, 0.25) is 0 Å². The molecule has 1 unspecified atom stereocenters. The fourth-order valence-electron chi connectivity index (χ4n) is 3.23. The van der Waals surface area contributed by atoms with Crippen LogP contribution in [0, 0.1) is 12.3 Å². The van der Waals surface area contributed by atoms with Crippen LogP contribution in [0.15, 0.2) is 6.20 Å². The minimum atomic E-state index is 0.107. The molecular formula is C17H30N4O. The summed E-state index contributed by atoms with van der Waals surface area (Å²) in [6.07, 6.45) is 7.12. The molecule has 0 aromatic carbocycles. The number of rotatable bonds is 5. The number of hydrogen-bond donors (Lipinski definition) is 2. The Balaban J connectivity index is 1.73. The number of likely N-dealkylation sites (tertiary alicyclic amines) is 1. The van der Waals surface area contributed by atoms with E-state index in [-0.39, 0.29) is 11.4 Å². The third kappa shape index (κ3) is 4.75. The van der Waals surface area contributed by atoms with E-state index in [1.165, 1.54) is 5.56 Å². The van der Waals surface area contributed by atoms with Crippen LogP contribution in [0.3, 0.4) is 0 Å². The van der Waals surface area contributed by atoms with Crippen molar-refractivity contribution in [3.8, 4) is 0 Å². The highest BCUT2D eigenvalue weighted by molar-refractivity contribution is 5.74. The molecule has 1 fully saturated rings. The lowest BCUT2D eigenvalue weighted by Crippen LogP contribution is -2.44. The number of carbonyl (C=O) groups is 1. The van der Waals surface area contributed by atoms with Gasteiger partial charge in [0, 0.05) is 24.8 Å². The maximum absolute atomic E-state index is 12.4. The summed E-state index contributed by atoms with van der Waals surface area (Å²) < 4.78 is 0. The van der Waals surface area contributed by atoms with Crippen molar-refractivity contribution in [1.82, 2.24) is 20.4 Å². The lowest BCUT2D eigenvalue weighted by molar-refractivity contribution is 0.174. The summed E-state index contributed by atoms with van der Waals surface area (Å²) in [6, 6.07) is 0.506. The van der Waals surface area contributed by atoms with Crippen LogP contribution in [-0.4, -0.2) is 40.3 Å². The van der Waals surface area contributed by atoms with Crippen LogP contribution in [-0.2, 0) is 6.42 Å². The lowest BCUT2D eigenvalue weighted by Gasteiger charge is -2.30. The van der Waals surface area contributed by atoms with Crippen molar-refractivity contribution in [2.24, 2.45) is 5.41 Å². The number of nitrogens with zero attached hydrogens (tertiary/aromatic N) is 2. The maximum Gasteiger partial charge on any atom is 0.317 e. The van der Waals surface area contributed by atoms with Gasteiger partial charge in [-0.25, -0.2) is 4.79 Å². The van der Waals surface area contributed by atoms with Gasteiger partial charge in [-0.15, -0.1) is 0 Å². The van der Waals surface area contributed by atoms with Crippen LogP contribution in [0.4, 0.5) is 4.79 Å². The van der Waals surface area contributed by atoms with Gasteiger partial charge in [0.05, 0.1) is 6.20 Å². The van der Waals surface area contributed by atoms with Gasteiger partial charge in [0.2, 0.25) is 0 Å². The summed E-state index contributed by atoms with van der Waals surface area (Å²) >= 11 is 0. The van der Waals surface area contributed by atoms with Crippen molar-refractivity contribution in [3.63, 3.8) is 0 Å². The summed E-state index contributed by atoms with van der Waals surface area (Å²) in [4.78, 5) is 14.4. The Labute approximate surface area is 133 Å². The smallest absolute Gasteiger partial charge is 0.317 e. The molecule has 5 nitrogen and oxygen atoms in total. The second kappa shape index (κ2) is 7.16. The molecule has 0 aliphatic carbocycles. The van der Waals surface area contributed by atoms with Crippen molar-refractivity contribution >= 4 is 6.03 Å². The molecule has 0 spiro atoms. The highest BCUT2D eigenvalue weighted by Gasteiger charge is 2.31. The standard InChI is InChI=1S/C17H30N4O/c1-13-14(12-19-20-13)7-5-9-18-16(22)21-10-6-8-15(21)11-17(2,3)4/h12,15H,5-11H2,1-4H3,(H,18,22)(H,19,20). The van der Waals surface area contributed by atoms with E-state index in [0.717, 1.165) is 50.9 Å². The third-order valence-corrected chi connectivity index (χ3v) is 4.32. The molecule has 22 heavy (non-hydrogen) atoms. The summed E-state index contributed by atoms with van der Waals surface area (Å²) in [5.74, 6) is 0. The number of H-pyrrole nitrogens is 1. The maximum atomic E-state index is 12.4. The van der Waals surface area contributed by atoms with Gasteiger partial charge in [-0.3, -0.25) is 5.10 Å². The highest BCUT2D eigenvalue weighted by Crippen LogP contribution is 2.29. The van der Waals surface area contributed by atoms with Gasteiger partial charge in [-0.05, 0) is 50.0 Å². The zero-order chi connectivity index (χ0) is 16.2. The Morgan fingerprint density at radius 3 is 2.91 bits per heavy atom. The molecule has 2 heterocycles. The van der Waals surface area contributed by atoms with Crippen molar-refractivity contribution in [3.05, 3.63) is 17.5 Å². The molecule has 0 radical (unpaired) electrons. The van der Waals surface area contributed by atoms with E-state index in [0.29, 0.717) is 6.04 Å². The molecule has 1 aliphatic heterocycles. The van der Waals surface area contributed by atoms with Crippen molar-refractivity contribution in [2.75, 3.05) is 13.1 Å². The first-order valence-electron chi connectivity index (χ1n) is 8.40. The molecule has 1 aromatic heterocycles. The SMILES string of the molecule is Cc1[nH]ncc1CCCNC(=O)N1CCCC1CC(C)(C)C. The number of aromatic amines is 1. The molecule has 124 valence electrons. The Bertz CT molecular complexity index is 489. The summed E-state index contributed by atoms with van der Waals surface area (Å²) in [5, 5.41) is 10.0. The predicted molar refractivity (Wildman–Crippen MR) is 88.8 cm³/mol. The first kappa shape index (κ1) is 16.8. The van der Waals surface area contributed by atoms with Crippen molar-refractivity contribution in [2.45, 2.75) is 65.8 Å². The number of urea groups is 1. The largest absolute Gasteiger partial charge is 0.338 e. The predicted octanol–water partition coefficient (Wildman–Crippen LogP) is 3.26. The average molecular weight is 306 g/mol. The number of hydrogen-bond acceptors (Lipinski definition) is 2. The van der Waals surface area contributed by atoms with E-state index in [1.54, 1.807) is 0 Å². The fraction of sp³-hybridized carbons (Fsp3) is 0.765. The van der Waals surface area contributed by atoms with Crippen molar-refractivity contribution in [1.29, 1.82) is 0 Å². The van der Waals surface area contributed by atoms with Gasteiger partial charge >= 0.3 is 6.03 Å². The molecule has 2 rings (SSSR count). The Hall–Kier alpha value is -1.52. The minimum absolute atomic E-state index is 0.107. The van der Waals surface area contributed by atoms with E-state index in [4.69, 9.17) is 0 Å². The number of carbonyl (C=O) groups excluding carboxylic acids is 1. The summed E-state index contributed by atoms with van der Waals surface area (Å²) in [7, 11) is 0. The molecule has 2 amide bonds. The van der Waals surface area contributed by atoms with Gasteiger partial charge in [-0.1, -0.05) is 20.8 Å². The lowest BCUT2D eigenvalue weighted by atomic mass is 9.87. The number of nitrogens with one attached hydrogen (secondary N) is 2. The fourth-order valence-corrected chi connectivity index (χ4v) is 3.23. The third-order valence-electron chi connectivity index (χ3n) is 4.32. The normalized spacial score (nSPS) is 18.7. The van der Waals surface area contributed by atoms with E-state index >= 15 is 0 Å². The van der Waals surface area contributed by atoms with Gasteiger partial charge in [0.1, 0.15) is 0 Å². The topological polar surface area (TPSA) is 61.0 Å². The van der Waals surface area contributed by atoms with Crippen molar-refractivity contribution < 1.29 is 4.79 Å². The average Bonchev–Trinajstić information content (AvgIpc) is 3.02.